The van der Waals surface area contributed by atoms with Gasteiger partial charge in [-0.25, -0.2) is 4.79 Å². The van der Waals surface area contributed by atoms with Crippen LogP contribution >= 0.6 is 15.9 Å². The molecule has 0 saturated carbocycles. The van der Waals surface area contributed by atoms with Gasteiger partial charge in [-0.3, -0.25) is 9.69 Å². The Morgan fingerprint density at radius 1 is 1.29 bits per heavy atom. The molecule has 1 fully saturated rings. The van der Waals surface area contributed by atoms with Gasteiger partial charge < -0.3 is 5.32 Å². The van der Waals surface area contributed by atoms with Crippen molar-refractivity contribution < 1.29 is 22.8 Å². The molecule has 1 unspecified atom stereocenters. The molecule has 0 aromatic heterocycles. The first kappa shape index (κ1) is 17.3. The molecule has 3 rings (SSSR count). The lowest BCUT2D eigenvalue weighted by molar-refractivity contribution is -0.155. The summed E-state index contributed by atoms with van der Waals surface area (Å²) in [7, 11) is 0. The smallest absolute Gasteiger partial charge is 0.319 e. The molecule has 1 aromatic rings. The van der Waals surface area contributed by atoms with Gasteiger partial charge in [0.1, 0.15) is 12.1 Å². The molecule has 0 bridgehead atoms. The number of alkyl halides is 3. The maximum Gasteiger partial charge on any atom is 0.406 e. The fourth-order valence-corrected chi connectivity index (χ4v) is 4.10. The summed E-state index contributed by atoms with van der Waals surface area (Å²) < 4.78 is 38.9. The van der Waals surface area contributed by atoms with Crippen molar-refractivity contribution >= 4 is 27.9 Å². The molecule has 1 spiro atoms. The van der Waals surface area contributed by atoms with E-state index in [4.69, 9.17) is 0 Å². The molecule has 1 N–H and O–H groups in total. The third-order valence-corrected chi connectivity index (χ3v) is 4.95. The van der Waals surface area contributed by atoms with Gasteiger partial charge in [-0.15, -0.1) is 0 Å². The number of halogens is 4. The number of urea groups is 1. The van der Waals surface area contributed by atoms with Gasteiger partial charge in [0.25, 0.3) is 5.91 Å². The summed E-state index contributed by atoms with van der Waals surface area (Å²) >= 11 is 3.33. The summed E-state index contributed by atoms with van der Waals surface area (Å²) in [6, 6.07) is 4.37. The normalized spacial score (nSPS) is 25.8. The Kier molecular flexibility index (Phi) is 3.75. The molecule has 1 heterocycles. The second-order valence-corrected chi connectivity index (χ2v) is 8.08. The van der Waals surface area contributed by atoms with Crippen LogP contribution in [-0.4, -0.2) is 29.6 Å². The first-order chi connectivity index (χ1) is 10.9. The molecule has 1 aliphatic carbocycles. The summed E-state index contributed by atoms with van der Waals surface area (Å²) in [6.07, 6.45) is -3.70. The maximum atomic E-state index is 12.9. The third kappa shape index (κ3) is 2.81. The van der Waals surface area contributed by atoms with E-state index < -0.39 is 30.2 Å². The SMILES string of the molecule is CC1(C)Cc2ccc(Br)cc2C2(C1)NC(=O)N(CC(F)(F)F)C2=O. The molecule has 1 saturated heterocycles. The minimum absolute atomic E-state index is 0.252. The van der Waals surface area contributed by atoms with Gasteiger partial charge in [0, 0.05) is 4.47 Å². The van der Waals surface area contributed by atoms with E-state index in [1.165, 1.54) is 0 Å². The highest BCUT2D eigenvalue weighted by molar-refractivity contribution is 9.10. The minimum Gasteiger partial charge on any atom is -0.319 e. The van der Waals surface area contributed by atoms with Gasteiger partial charge in [0.05, 0.1) is 0 Å². The minimum atomic E-state index is -4.64. The van der Waals surface area contributed by atoms with Crippen molar-refractivity contribution in [1.82, 2.24) is 10.2 Å². The molecule has 1 aliphatic heterocycles. The average molecular weight is 405 g/mol. The fraction of sp³-hybridized carbons (Fsp3) is 0.500. The highest BCUT2D eigenvalue weighted by atomic mass is 79.9. The zero-order valence-electron chi connectivity index (χ0n) is 13.1. The van der Waals surface area contributed by atoms with Crippen LogP contribution in [0.4, 0.5) is 18.0 Å². The zero-order valence-corrected chi connectivity index (χ0v) is 14.7. The van der Waals surface area contributed by atoms with E-state index in [9.17, 15) is 22.8 Å². The highest BCUT2D eigenvalue weighted by Gasteiger charge is 2.58. The Hall–Kier alpha value is -1.57. The molecule has 130 valence electrons. The Labute approximate surface area is 145 Å². The summed E-state index contributed by atoms with van der Waals surface area (Å²) in [5, 5.41) is 2.55. The van der Waals surface area contributed by atoms with Gasteiger partial charge in [-0.05, 0) is 41.5 Å². The van der Waals surface area contributed by atoms with Crippen molar-refractivity contribution in [3.05, 3.63) is 33.8 Å². The van der Waals surface area contributed by atoms with E-state index >= 15 is 0 Å². The first-order valence-corrected chi connectivity index (χ1v) is 8.23. The number of rotatable bonds is 1. The monoisotopic (exact) mass is 404 g/mol. The standard InChI is InChI=1S/C16H16BrF3N2O2/c1-14(2)6-9-3-4-10(17)5-11(9)15(7-14)12(23)22(13(24)21-15)8-16(18,19)20/h3-5H,6-8H2,1-2H3,(H,21,24). The number of carbonyl (C=O) groups excluding carboxylic acids is 2. The van der Waals surface area contributed by atoms with Crippen molar-refractivity contribution in [3.63, 3.8) is 0 Å². The van der Waals surface area contributed by atoms with Crippen molar-refractivity contribution in [2.24, 2.45) is 5.41 Å². The lowest BCUT2D eigenvalue weighted by Crippen LogP contribution is -2.51. The summed E-state index contributed by atoms with van der Waals surface area (Å²) in [4.78, 5) is 25.3. The molecule has 0 radical (unpaired) electrons. The van der Waals surface area contributed by atoms with Crippen molar-refractivity contribution in [2.75, 3.05) is 6.54 Å². The Balaban J connectivity index is 2.12. The topological polar surface area (TPSA) is 49.4 Å². The second-order valence-electron chi connectivity index (χ2n) is 7.16. The predicted molar refractivity (Wildman–Crippen MR) is 84.2 cm³/mol. The molecule has 1 aromatic carbocycles. The van der Waals surface area contributed by atoms with Crippen LogP contribution in [0, 0.1) is 5.41 Å². The molecule has 1 atom stereocenters. The van der Waals surface area contributed by atoms with Crippen LogP contribution in [0.1, 0.15) is 31.4 Å². The number of nitrogens with zero attached hydrogens (tertiary/aromatic N) is 1. The first-order valence-electron chi connectivity index (χ1n) is 7.43. The van der Waals surface area contributed by atoms with E-state index in [0.717, 1.165) is 5.56 Å². The summed E-state index contributed by atoms with van der Waals surface area (Å²) in [5.74, 6) is -0.836. The van der Waals surface area contributed by atoms with E-state index in [1.807, 2.05) is 26.0 Å². The molecule has 2 aliphatic rings. The lowest BCUT2D eigenvalue weighted by atomic mass is 9.65. The van der Waals surface area contributed by atoms with E-state index in [1.54, 1.807) is 6.07 Å². The maximum absolute atomic E-state index is 12.9. The van der Waals surface area contributed by atoms with E-state index in [-0.39, 0.29) is 16.7 Å². The number of hydrogen-bond donors (Lipinski definition) is 1. The number of benzene rings is 1. The number of imide groups is 1. The molecular weight excluding hydrogens is 389 g/mol. The lowest BCUT2D eigenvalue weighted by Gasteiger charge is -2.42. The van der Waals surface area contributed by atoms with Crippen LogP contribution < -0.4 is 5.32 Å². The van der Waals surface area contributed by atoms with Gasteiger partial charge >= 0.3 is 12.2 Å². The number of amides is 3. The van der Waals surface area contributed by atoms with Gasteiger partial charge in [-0.2, -0.15) is 13.2 Å². The van der Waals surface area contributed by atoms with Crippen LogP contribution in [-0.2, 0) is 16.8 Å². The third-order valence-electron chi connectivity index (χ3n) is 4.46. The fourth-order valence-electron chi connectivity index (χ4n) is 3.74. The number of nitrogens with one attached hydrogen (secondary N) is 1. The highest BCUT2D eigenvalue weighted by Crippen LogP contribution is 2.48. The van der Waals surface area contributed by atoms with E-state index in [0.29, 0.717) is 16.5 Å². The van der Waals surface area contributed by atoms with Crippen LogP contribution in [0.2, 0.25) is 0 Å². The second kappa shape index (κ2) is 5.21. The number of carbonyl (C=O) groups is 2. The van der Waals surface area contributed by atoms with Crippen LogP contribution in [0.3, 0.4) is 0 Å². The summed E-state index contributed by atoms with van der Waals surface area (Å²) in [5.41, 5.74) is -0.350. The molecule has 4 nitrogen and oxygen atoms in total. The van der Waals surface area contributed by atoms with Crippen molar-refractivity contribution in [1.29, 1.82) is 0 Å². The molecule has 8 heteroatoms. The summed E-state index contributed by atoms with van der Waals surface area (Å²) in [6.45, 7) is 2.29. The Bertz CT molecular complexity index is 733. The molecule has 24 heavy (non-hydrogen) atoms. The Morgan fingerprint density at radius 3 is 2.58 bits per heavy atom. The average Bonchev–Trinajstić information content (AvgIpc) is 2.63. The van der Waals surface area contributed by atoms with Crippen molar-refractivity contribution in [3.8, 4) is 0 Å². The Morgan fingerprint density at radius 2 is 1.96 bits per heavy atom. The van der Waals surface area contributed by atoms with E-state index in [2.05, 4.69) is 21.2 Å². The van der Waals surface area contributed by atoms with Gasteiger partial charge in [0.15, 0.2) is 0 Å². The molecular formula is C16H16BrF3N2O2. The van der Waals surface area contributed by atoms with Crippen LogP contribution in [0.5, 0.6) is 0 Å². The van der Waals surface area contributed by atoms with Gasteiger partial charge in [0.2, 0.25) is 0 Å². The van der Waals surface area contributed by atoms with Crippen LogP contribution in [0.15, 0.2) is 22.7 Å². The predicted octanol–water partition coefficient (Wildman–Crippen LogP) is 3.73. The number of fused-ring (bicyclic) bond motifs is 2. The number of hydrogen-bond acceptors (Lipinski definition) is 2. The molecule has 3 amide bonds. The quantitative estimate of drug-likeness (QED) is 0.724. The largest absolute Gasteiger partial charge is 0.406 e. The zero-order chi connectivity index (χ0) is 17.9. The van der Waals surface area contributed by atoms with Crippen LogP contribution in [0.25, 0.3) is 0 Å². The van der Waals surface area contributed by atoms with Gasteiger partial charge in [-0.1, -0.05) is 35.8 Å². The van der Waals surface area contributed by atoms with Crippen molar-refractivity contribution in [2.45, 2.75) is 38.4 Å².